The first-order valence-electron chi connectivity index (χ1n) is 5.46. The van der Waals surface area contributed by atoms with Gasteiger partial charge in [0.2, 0.25) is 0 Å². The number of thioether (sulfide) groups is 1. The summed E-state index contributed by atoms with van der Waals surface area (Å²) in [7, 11) is 1.34. The number of hydrogen-bond donors (Lipinski definition) is 1. The summed E-state index contributed by atoms with van der Waals surface area (Å²) in [5, 5.41) is 1.08. The molecule has 4 nitrogen and oxygen atoms in total. The fraction of sp³-hybridized carbons (Fsp3) is 0.500. The van der Waals surface area contributed by atoms with Crippen molar-refractivity contribution in [1.29, 1.82) is 0 Å². The van der Waals surface area contributed by atoms with Crippen molar-refractivity contribution >= 4 is 23.4 Å². The zero-order chi connectivity index (χ0) is 13.0. The van der Waals surface area contributed by atoms with E-state index < -0.39 is 5.97 Å². The monoisotopic (exact) mass is 254 g/mol. The molecule has 0 spiro atoms. The number of nitrogens with zero attached hydrogens (tertiary/aromatic N) is 1. The molecule has 1 rings (SSSR count). The van der Waals surface area contributed by atoms with Crippen molar-refractivity contribution in [3.05, 3.63) is 17.8 Å². The number of carbonyl (C=O) groups excluding carboxylic acids is 1. The molecule has 1 unspecified atom stereocenters. The summed E-state index contributed by atoms with van der Waals surface area (Å²) >= 11 is 1.58. The van der Waals surface area contributed by atoms with Crippen LogP contribution < -0.4 is 5.73 Å². The Kier molecular flexibility index (Phi) is 4.81. The third kappa shape index (κ3) is 3.36. The van der Waals surface area contributed by atoms with Crippen LogP contribution in [0.1, 0.15) is 31.1 Å². The quantitative estimate of drug-likeness (QED) is 0.661. The van der Waals surface area contributed by atoms with E-state index in [0.717, 1.165) is 0 Å². The van der Waals surface area contributed by atoms with Crippen LogP contribution in [-0.4, -0.2) is 23.3 Å². The maximum absolute atomic E-state index is 11.5. The molecule has 5 heteroatoms. The highest BCUT2D eigenvalue weighted by atomic mass is 32.2. The second-order valence-corrected chi connectivity index (χ2v) is 5.50. The Morgan fingerprint density at radius 2 is 2.12 bits per heavy atom. The lowest BCUT2D eigenvalue weighted by Crippen LogP contribution is -2.10. The van der Waals surface area contributed by atoms with Gasteiger partial charge in [0.1, 0.15) is 5.03 Å². The van der Waals surface area contributed by atoms with Crippen LogP contribution in [-0.2, 0) is 4.74 Å². The van der Waals surface area contributed by atoms with E-state index in [1.165, 1.54) is 7.11 Å². The fourth-order valence-electron chi connectivity index (χ4n) is 1.15. The Morgan fingerprint density at radius 3 is 2.65 bits per heavy atom. The Morgan fingerprint density at radius 1 is 1.47 bits per heavy atom. The van der Waals surface area contributed by atoms with Gasteiger partial charge in [-0.25, -0.2) is 9.78 Å². The summed E-state index contributed by atoms with van der Waals surface area (Å²) in [5.41, 5.74) is 6.70. The van der Waals surface area contributed by atoms with Gasteiger partial charge in [-0.2, -0.15) is 0 Å². The number of rotatable bonds is 4. The molecule has 2 N–H and O–H groups in total. The number of aromatic nitrogens is 1. The van der Waals surface area contributed by atoms with Crippen molar-refractivity contribution in [1.82, 2.24) is 4.98 Å². The normalized spacial score (nSPS) is 12.5. The van der Waals surface area contributed by atoms with Crippen molar-refractivity contribution in [2.24, 2.45) is 5.92 Å². The summed E-state index contributed by atoms with van der Waals surface area (Å²) in [6.07, 6.45) is 1.58. The SMILES string of the molecule is COC(=O)c1ccnc(SC(C)C(C)C)c1N. The molecule has 0 aromatic carbocycles. The molecule has 1 atom stereocenters. The zero-order valence-corrected chi connectivity index (χ0v) is 11.4. The third-order valence-electron chi connectivity index (χ3n) is 2.60. The molecule has 1 aromatic heterocycles. The highest BCUT2D eigenvalue weighted by Gasteiger charge is 2.17. The summed E-state index contributed by atoms with van der Waals surface area (Å²) in [4.78, 5) is 15.7. The van der Waals surface area contributed by atoms with Gasteiger partial charge in [0, 0.05) is 11.4 Å². The smallest absolute Gasteiger partial charge is 0.340 e. The average molecular weight is 254 g/mol. The van der Waals surface area contributed by atoms with Gasteiger partial charge in [-0.05, 0) is 12.0 Å². The van der Waals surface area contributed by atoms with Crippen molar-refractivity contribution in [3.63, 3.8) is 0 Å². The van der Waals surface area contributed by atoms with E-state index in [1.807, 2.05) is 0 Å². The van der Waals surface area contributed by atoms with Gasteiger partial charge in [-0.15, -0.1) is 11.8 Å². The number of esters is 1. The molecule has 0 amide bonds. The zero-order valence-electron chi connectivity index (χ0n) is 10.6. The molecule has 0 radical (unpaired) electrons. The molecule has 0 fully saturated rings. The number of nitrogen functional groups attached to an aromatic ring is 1. The van der Waals surface area contributed by atoms with E-state index in [2.05, 4.69) is 30.5 Å². The Balaban J connectivity index is 2.98. The van der Waals surface area contributed by atoms with Crippen LogP contribution in [0.5, 0.6) is 0 Å². The van der Waals surface area contributed by atoms with E-state index in [9.17, 15) is 4.79 Å². The van der Waals surface area contributed by atoms with E-state index >= 15 is 0 Å². The minimum absolute atomic E-state index is 0.376. The molecule has 0 aliphatic rings. The lowest BCUT2D eigenvalue weighted by Gasteiger charge is -2.16. The molecular formula is C12H18N2O2S. The van der Waals surface area contributed by atoms with Crippen LogP contribution in [0.15, 0.2) is 17.3 Å². The van der Waals surface area contributed by atoms with E-state index in [1.54, 1.807) is 24.0 Å². The topological polar surface area (TPSA) is 65.2 Å². The van der Waals surface area contributed by atoms with Crippen LogP contribution >= 0.6 is 11.8 Å². The lowest BCUT2D eigenvalue weighted by atomic mass is 10.2. The van der Waals surface area contributed by atoms with Crippen LogP contribution in [0.3, 0.4) is 0 Å². The molecule has 0 saturated carbocycles. The van der Waals surface area contributed by atoms with Gasteiger partial charge in [-0.3, -0.25) is 0 Å². The Bertz CT molecular complexity index is 407. The van der Waals surface area contributed by atoms with Crippen LogP contribution in [0, 0.1) is 5.92 Å². The number of anilines is 1. The van der Waals surface area contributed by atoms with E-state index in [0.29, 0.717) is 27.4 Å². The summed E-state index contributed by atoms with van der Waals surface area (Å²) in [5.74, 6) is 0.0898. The summed E-state index contributed by atoms with van der Waals surface area (Å²) in [6, 6.07) is 1.57. The number of pyridine rings is 1. The summed E-state index contributed by atoms with van der Waals surface area (Å²) < 4.78 is 4.67. The molecule has 1 heterocycles. The predicted octanol–water partition coefficient (Wildman–Crippen LogP) is 2.59. The first-order chi connectivity index (χ1) is 7.97. The Hall–Kier alpha value is -1.23. The molecule has 0 aliphatic carbocycles. The van der Waals surface area contributed by atoms with Crippen molar-refractivity contribution in [2.45, 2.75) is 31.0 Å². The molecule has 94 valence electrons. The predicted molar refractivity (Wildman–Crippen MR) is 70.1 cm³/mol. The van der Waals surface area contributed by atoms with Crippen molar-refractivity contribution < 1.29 is 9.53 Å². The first kappa shape index (κ1) is 13.8. The van der Waals surface area contributed by atoms with Crippen LogP contribution in [0.25, 0.3) is 0 Å². The fourth-order valence-corrected chi connectivity index (χ4v) is 2.13. The van der Waals surface area contributed by atoms with Crippen LogP contribution in [0.2, 0.25) is 0 Å². The number of ether oxygens (including phenoxy) is 1. The van der Waals surface area contributed by atoms with Gasteiger partial charge in [0.25, 0.3) is 0 Å². The van der Waals surface area contributed by atoms with Gasteiger partial charge in [0.05, 0.1) is 18.4 Å². The first-order valence-corrected chi connectivity index (χ1v) is 6.34. The maximum Gasteiger partial charge on any atom is 0.340 e. The van der Waals surface area contributed by atoms with Crippen molar-refractivity contribution in [2.75, 3.05) is 12.8 Å². The van der Waals surface area contributed by atoms with Crippen LogP contribution in [0.4, 0.5) is 5.69 Å². The van der Waals surface area contributed by atoms with Gasteiger partial charge >= 0.3 is 5.97 Å². The minimum Gasteiger partial charge on any atom is -0.465 e. The standard InChI is InChI=1S/C12H18N2O2S/c1-7(2)8(3)17-11-10(13)9(5-6-14-11)12(15)16-4/h5-8H,13H2,1-4H3. The van der Waals surface area contributed by atoms with Gasteiger partial charge in [0.15, 0.2) is 0 Å². The van der Waals surface area contributed by atoms with Gasteiger partial charge in [-0.1, -0.05) is 20.8 Å². The van der Waals surface area contributed by atoms with E-state index in [4.69, 9.17) is 5.73 Å². The minimum atomic E-state index is -0.427. The highest BCUT2D eigenvalue weighted by molar-refractivity contribution is 8.00. The number of nitrogens with two attached hydrogens (primary N) is 1. The second-order valence-electron chi connectivity index (χ2n) is 4.14. The number of hydrogen-bond acceptors (Lipinski definition) is 5. The highest BCUT2D eigenvalue weighted by Crippen LogP contribution is 2.31. The van der Waals surface area contributed by atoms with E-state index in [-0.39, 0.29) is 0 Å². The number of carbonyl (C=O) groups is 1. The summed E-state index contributed by atoms with van der Waals surface area (Å²) in [6.45, 7) is 6.39. The lowest BCUT2D eigenvalue weighted by molar-refractivity contribution is 0.0601. The Labute approximate surface area is 106 Å². The molecular weight excluding hydrogens is 236 g/mol. The molecule has 17 heavy (non-hydrogen) atoms. The molecule has 0 bridgehead atoms. The second kappa shape index (κ2) is 5.91. The average Bonchev–Trinajstić information content (AvgIpc) is 2.30. The molecule has 1 aromatic rings. The third-order valence-corrected chi connectivity index (χ3v) is 4.06. The van der Waals surface area contributed by atoms with Gasteiger partial charge < -0.3 is 10.5 Å². The van der Waals surface area contributed by atoms with Crippen molar-refractivity contribution in [3.8, 4) is 0 Å². The molecule has 0 saturated heterocycles. The molecule has 0 aliphatic heterocycles. The number of methoxy groups -OCH3 is 1. The largest absolute Gasteiger partial charge is 0.465 e. The maximum atomic E-state index is 11.5.